The van der Waals surface area contributed by atoms with Crippen molar-refractivity contribution in [3.8, 4) is 5.75 Å². The highest BCUT2D eigenvalue weighted by molar-refractivity contribution is 7.10. The molecule has 2 aromatic rings. The molecule has 1 atom stereocenters. The van der Waals surface area contributed by atoms with Crippen LogP contribution in [0.4, 0.5) is 0 Å². The molecule has 1 fully saturated rings. The van der Waals surface area contributed by atoms with Gasteiger partial charge in [0.05, 0.1) is 6.04 Å². The van der Waals surface area contributed by atoms with Gasteiger partial charge in [-0.1, -0.05) is 30.7 Å². The van der Waals surface area contributed by atoms with Crippen molar-refractivity contribution in [1.82, 2.24) is 10.2 Å². The number of benzene rings is 1. The molecule has 1 aliphatic heterocycles. The summed E-state index contributed by atoms with van der Waals surface area (Å²) in [7, 11) is 0. The van der Waals surface area contributed by atoms with Gasteiger partial charge in [0, 0.05) is 11.4 Å². The number of carbonyl (C=O) groups excluding carboxylic acids is 1. The molecule has 1 N–H and O–H groups in total. The quantitative estimate of drug-likeness (QED) is 0.836. The van der Waals surface area contributed by atoms with Gasteiger partial charge in [-0.15, -0.1) is 11.3 Å². The first kappa shape index (κ1) is 17.0. The third-order valence-corrected chi connectivity index (χ3v) is 5.28. The molecule has 1 saturated heterocycles. The maximum absolute atomic E-state index is 12.1. The molecule has 1 amide bonds. The third-order valence-electron chi connectivity index (χ3n) is 4.31. The van der Waals surface area contributed by atoms with E-state index in [9.17, 15) is 4.79 Å². The lowest BCUT2D eigenvalue weighted by Gasteiger charge is -2.34. The summed E-state index contributed by atoms with van der Waals surface area (Å²) in [6, 6.07) is 14.0. The third kappa shape index (κ3) is 4.82. The molecule has 4 nitrogen and oxygen atoms in total. The summed E-state index contributed by atoms with van der Waals surface area (Å²) in [4.78, 5) is 15.9. The maximum Gasteiger partial charge on any atom is 0.258 e. The predicted molar refractivity (Wildman–Crippen MR) is 97.4 cm³/mol. The van der Waals surface area contributed by atoms with Crippen molar-refractivity contribution in [3.05, 3.63) is 52.7 Å². The molecule has 5 heteroatoms. The van der Waals surface area contributed by atoms with Gasteiger partial charge in [0.15, 0.2) is 6.61 Å². The van der Waals surface area contributed by atoms with E-state index in [-0.39, 0.29) is 18.6 Å². The fourth-order valence-electron chi connectivity index (χ4n) is 3.05. The number of hydrogen-bond donors (Lipinski definition) is 1. The molecule has 1 aromatic heterocycles. The van der Waals surface area contributed by atoms with Crippen molar-refractivity contribution in [3.63, 3.8) is 0 Å². The molecule has 0 aliphatic carbocycles. The Morgan fingerprint density at radius 3 is 2.62 bits per heavy atom. The van der Waals surface area contributed by atoms with E-state index in [2.05, 4.69) is 27.7 Å². The van der Waals surface area contributed by atoms with Crippen LogP contribution in [0.15, 0.2) is 47.8 Å². The van der Waals surface area contributed by atoms with Gasteiger partial charge in [-0.2, -0.15) is 0 Å². The topological polar surface area (TPSA) is 41.6 Å². The number of para-hydroxylation sites is 1. The normalized spacial score (nSPS) is 16.5. The highest BCUT2D eigenvalue weighted by atomic mass is 32.1. The lowest BCUT2D eigenvalue weighted by molar-refractivity contribution is -0.123. The highest BCUT2D eigenvalue weighted by Crippen LogP contribution is 2.27. The zero-order valence-electron chi connectivity index (χ0n) is 13.8. The number of carbonyl (C=O) groups is 1. The van der Waals surface area contributed by atoms with Crippen molar-refractivity contribution in [2.75, 3.05) is 26.2 Å². The first-order valence-corrected chi connectivity index (χ1v) is 9.43. The minimum Gasteiger partial charge on any atom is -0.484 e. The average Bonchev–Trinajstić information content (AvgIpc) is 3.16. The molecule has 2 heterocycles. The second-order valence-electron chi connectivity index (χ2n) is 6.03. The summed E-state index contributed by atoms with van der Waals surface area (Å²) in [5.41, 5.74) is 0. The van der Waals surface area contributed by atoms with E-state index in [1.54, 1.807) is 11.3 Å². The SMILES string of the molecule is O=C(COc1ccccc1)NC[C@H](c1cccs1)N1CCCCC1. The smallest absolute Gasteiger partial charge is 0.258 e. The molecule has 1 aliphatic rings. The largest absolute Gasteiger partial charge is 0.484 e. The molecule has 24 heavy (non-hydrogen) atoms. The van der Waals surface area contributed by atoms with Crippen molar-refractivity contribution >= 4 is 17.2 Å². The van der Waals surface area contributed by atoms with Crippen LogP contribution >= 0.6 is 11.3 Å². The first-order valence-electron chi connectivity index (χ1n) is 8.55. The van der Waals surface area contributed by atoms with E-state index in [0.29, 0.717) is 6.54 Å². The van der Waals surface area contributed by atoms with Gasteiger partial charge in [-0.25, -0.2) is 0 Å². The molecular weight excluding hydrogens is 320 g/mol. The number of ether oxygens (including phenoxy) is 1. The molecular formula is C19H24N2O2S. The van der Waals surface area contributed by atoms with Crippen LogP contribution in [-0.4, -0.2) is 37.0 Å². The zero-order chi connectivity index (χ0) is 16.6. The summed E-state index contributed by atoms with van der Waals surface area (Å²) in [5.74, 6) is 0.649. The van der Waals surface area contributed by atoms with E-state index < -0.39 is 0 Å². The molecule has 0 saturated carbocycles. The number of hydrogen-bond acceptors (Lipinski definition) is 4. The van der Waals surface area contributed by atoms with Crippen LogP contribution < -0.4 is 10.1 Å². The van der Waals surface area contributed by atoms with Gasteiger partial charge in [-0.05, 0) is 49.5 Å². The van der Waals surface area contributed by atoms with Crippen molar-refractivity contribution in [2.24, 2.45) is 0 Å². The van der Waals surface area contributed by atoms with Crippen LogP contribution in [0, 0.1) is 0 Å². The standard InChI is InChI=1S/C19H24N2O2S/c22-19(15-23-16-8-3-1-4-9-16)20-14-17(18-10-7-13-24-18)21-11-5-2-6-12-21/h1,3-4,7-10,13,17H,2,5-6,11-12,14-15H2,(H,20,22)/t17-/m1/s1. The minimum atomic E-state index is -0.0718. The highest BCUT2D eigenvalue weighted by Gasteiger charge is 2.23. The summed E-state index contributed by atoms with van der Waals surface area (Å²) >= 11 is 1.76. The predicted octanol–water partition coefficient (Wildman–Crippen LogP) is 3.47. The zero-order valence-corrected chi connectivity index (χ0v) is 14.6. The fourth-order valence-corrected chi connectivity index (χ4v) is 3.91. The van der Waals surface area contributed by atoms with Crippen LogP contribution in [0.25, 0.3) is 0 Å². The lowest BCUT2D eigenvalue weighted by atomic mass is 10.1. The van der Waals surface area contributed by atoms with E-state index >= 15 is 0 Å². The fraction of sp³-hybridized carbons (Fsp3) is 0.421. The summed E-state index contributed by atoms with van der Waals surface area (Å²) in [5, 5.41) is 5.14. The van der Waals surface area contributed by atoms with E-state index in [1.165, 1.54) is 24.1 Å². The van der Waals surface area contributed by atoms with E-state index in [0.717, 1.165) is 18.8 Å². The Morgan fingerprint density at radius 1 is 1.12 bits per heavy atom. The molecule has 1 aromatic carbocycles. The molecule has 128 valence electrons. The second-order valence-corrected chi connectivity index (χ2v) is 7.01. The maximum atomic E-state index is 12.1. The van der Waals surface area contributed by atoms with Crippen LogP contribution in [0.3, 0.4) is 0 Å². The summed E-state index contributed by atoms with van der Waals surface area (Å²) < 4.78 is 5.51. The van der Waals surface area contributed by atoms with Crippen molar-refractivity contribution in [1.29, 1.82) is 0 Å². The van der Waals surface area contributed by atoms with Crippen LogP contribution in [0.2, 0.25) is 0 Å². The Bertz CT molecular complexity index is 610. The number of likely N-dealkylation sites (tertiary alicyclic amines) is 1. The van der Waals surface area contributed by atoms with Crippen LogP contribution in [-0.2, 0) is 4.79 Å². The Morgan fingerprint density at radius 2 is 1.92 bits per heavy atom. The van der Waals surface area contributed by atoms with Gasteiger partial charge >= 0.3 is 0 Å². The van der Waals surface area contributed by atoms with Gasteiger partial charge < -0.3 is 10.1 Å². The monoisotopic (exact) mass is 344 g/mol. The van der Waals surface area contributed by atoms with Crippen molar-refractivity contribution < 1.29 is 9.53 Å². The van der Waals surface area contributed by atoms with Gasteiger partial charge in [0.2, 0.25) is 0 Å². The van der Waals surface area contributed by atoms with E-state index in [4.69, 9.17) is 4.74 Å². The van der Waals surface area contributed by atoms with Crippen LogP contribution in [0.5, 0.6) is 5.75 Å². The number of piperidine rings is 1. The lowest BCUT2D eigenvalue weighted by Crippen LogP contribution is -2.41. The number of nitrogens with one attached hydrogen (secondary N) is 1. The minimum absolute atomic E-state index is 0.0567. The molecule has 0 unspecified atom stereocenters. The Labute approximate surface area is 147 Å². The molecule has 0 spiro atoms. The number of rotatable bonds is 7. The number of amides is 1. The summed E-state index contributed by atoms with van der Waals surface area (Å²) in [6.45, 7) is 2.91. The van der Waals surface area contributed by atoms with Crippen LogP contribution in [0.1, 0.15) is 30.2 Å². The number of nitrogens with zero attached hydrogens (tertiary/aromatic N) is 1. The molecule has 3 rings (SSSR count). The number of thiophene rings is 1. The Kier molecular flexibility index (Phi) is 6.26. The summed E-state index contributed by atoms with van der Waals surface area (Å²) in [6.07, 6.45) is 3.80. The Hall–Kier alpha value is -1.85. The molecule has 0 bridgehead atoms. The van der Waals surface area contributed by atoms with Crippen molar-refractivity contribution in [2.45, 2.75) is 25.3 Å². The average molecular weight is 344 g/mol. The second kappa shape index (κ2) is 8.85. The molecule has 0 radical (unpaired) electrons. The van der Waals surface area contributed by atoms with Gasteiger partial charge in [0.1, 0.15) is 5.75 Å². The van der Waals surface area contributed by atoms with Gasteiger partial charge in [-0.3, -0.25) is 9.69 Å². The van der Waals surface area contributed by atoms with E-state index in [1.807, 2.05) is 30.3 Å². The Balaban J connectivity index is 1.52. The van der Waals surface area contributed by atoms with Gasteiger partial charge in [0.25, 0.3) is 5.91 Å². The first-order chi connectivity index (χ1) is 11.8.